The average molecular weight is 279 g/mol. The normalized spacial score (nSPS) is 10.6. The van der Waals surface area contributed by atoms with Crippen LogP contribution in [0.15, 0.2) is 48.5 Å². The van der Waals surface area contributed by atoms with E-state index in [2.05, 4.69) is 27.4 Å². The fraction of sp³-hybridized carbons (Fsp3) is 0.176. The van der Waals surface area contributed by atoms with Crippen molar-refractivity contribution in [1.82, 2.24) is 9.97 Å². The molecule has 0 fully saturated rings. The van der Waals surface area contributed by atoms with Gasteiger partial charge in [0, 0.05) is 18.3 Å². The first kappa shape index (κ1) is 13.4. The van der Waals surface area contributed by atoms with Gasteiger partial charge in [-0.25, -0.2) is 4.98 Å². The number of hydrogen-bond donors (Lipinski definition) is 1. The topological polar surface area (TPSA) is 47.0 Å². The van der Waals surface area contributed by atoms with Gasteiger partial charge in [-0.1, -0.05) is 30.3 Å². The van der Waals surface area contributed by atoms with Crippen LogP contribution in [0.1, 0.15) is 12.6 Å². The van der Waals surface area contributed by atoms with Crippen molar-refractivity contribution >= 4 is 16.7 Å². The van der Waals surface area contributed by atoms with E-state index in [1.165, 1.54) is 5.39 Å². The molecule has 0 saturated heterocycles. The maximum Gasteiger partial charge on any atom is 0.226 e. The lowest BCUT2D eigenvalue weighted by Gasteiger charge is -2.09. The van der Waals surface area contributed by atoms with Gasteiger partial charge in [0.15, 0.2) is 0 Å². The van der Waals surface area contributed by atoms with Gasteiger partial charge in [0.1, 0.15) is 5.75 Å². The smallest absolute Gasteiger partial charge is 0.226 e. The van der Waals surface area contributed by atoms with Gasteiger partial charge in [-0.05, 0) is 36.8 Å². The number of aromatic nitrogens is 2. The van der Waals surface area contributed by atoms with Crippen LogP contribution in [0.4, 0.5) is 5.95 Å². The zero-order valence-corrected chi connectivity index (χ0v) is 12.1. The number of nitrogens with zero attached hydrogens (tertiary/aromatic N) is 2. The summed E-state index contributed by atoms with van der Waals surface area (Å²) in [5.41, 5.74) is 0.872. The summed E-state index contributed by atoms with van der Waals surface area (Å²) >= 11 is 0. The lowest BCUT2D eigenvalue weighted by molar-refractivity contribution is 0.462. The lowest BCUT2D eigenvalue weighted by atomic mass is 10.1. The fourth-order valence-electron chi connectivity index (χ4n) is 2.18. The Morgan fingerprint density at radius 1 is 1.00 bits per heavy atom. The molecule has 4 nitrogen and oxygen atoms in total. The summed E-state index contributed by atoms with van der Waals surface area (Å²) in [5.74, 6) is 1.91. The van der Waals surface area contributed by atoms with Gasteiger partial charge in [-0.2, -0.15) is 4.98 Å². The van der Waals surface area contributed by atoms with Crippen molar-refractivity contribution in [3.63, 3.8) is 0 Å². The quantitative estimate of drug-likeness (QED) is 0.779. The molecule has 4 heteroatoms. The number of ether oxygens (including phenoxy) is 1. The van der Waals surface area contributed by atoms with E-state index in [1.54, 1.807) is 0 Å². The summed E-state index contributed by atoms with van der Waals surface area (Å²) in [4.78, 5) is 8.67. The Balaban J connectivity index is 1.90. The standard InChI is InChI=1S/C17H17N3O/c1-3-18-17-19-12(2)10-16(20-17)21-15-9-8-13-6-4-5-7-14(13)11-15/h4-11H,3H2,1-2H3,(H,18,19,20). The third-order valence-electron chi connectivity index (χ3n) is 3.11. The highest BCUT2D eigenvalue weighted by atomic mass is 16.5. The Morgan fingerprint density at radius 3 is 2.62 bits per heavy atom. The fourth-order valence-corrected chi connectivity index (χ4v) is 2.18. The molecule has 21 heavy (non-hydrogen) atoms. The summed E-state index contributed by atoms with van der Waals surface area (Å²) in [5, 5.41) is 5.44. The van der Waals surface area contributed by atoms with E-state index in [1.807, 2.05) is 50.2 Å². The molecule has 1 heterocycles. The Labute approximate surface area is 123 Å². The predicted octanol–water partition coefficient (Wildman–Crippen LogP) is 4.16. The zero-order chi connectivity index (χ0) is 14.7. The second-order valence-electron chi connectivity index (χ2n) is 4.81. The van der Waals surface area contributed by atoms with E-state index in [-0.39, 0.29) is 0 Å². The lowest BCUT2D eigenvalue weighted by Crippen LogP contribution is -2.03. The molecule has 3 rings (SSSR count). The van der Waals surface area contributed by atoms with Gasteiger partial charge in [0.05, 0.1) is 0 Å². The van der Waals surface area contributed by atoms with Crippen molar-refractivity contribution in [3.05, 3.63) is 54.2 Å². The number of aryl methyl sites for hydroxylation is 1. The van der Waals surface area contributed by atoms with Crippen LogP contribution in [0.25, 0.3) is 10.8 Å². The Kier molecular flexibility index (Phi) is 3.69. The van der Waals surface area contributed by atoms with Gasteiger partial charge in [0.25, 0.3) is 0 Å². The molecular formula is C17H17N3O. The van der Waals surface area contributed by atoms with Gasteiger partial charge in [-0.15, -0.1) is 0 Å². The van der Waals surface area contributed by atoms with E-state index >= 15 is 0 Å². The molecule has 3 aromatic rings. The van der Waals surface area contributed by atoms with Crippen LogP contribution in [0, 0.1) is 6.92 Å². The summed E-state index contributed by atoms with van der Waals surface area (Å²) in [7, 11) is 0. The molecule has 0 atom stereocenters. The summed E-state index contributed by atoms with van der Waals surface area (Å²) in [6.07, 6.45) is 0. The SMILES string of the molecule is CCNc1nc(C)cc(Oc2ccc3ccccc3c2)n1. The van der Waals surface area contributed by atoms with Crippen LogP contribution in [-0.2, 0) is 0 Å². The Bertz CT molecular complexity index is 771. The van der Waals surface area contributed by atoms with Crippen molar-refractivity contribution in [2.24, 2.45) is 0 Å². The Morgan fingerprint density at radius 2 is 1.81 bits per heavy atom. The molecule has 0 aliphatic carbocycles. The molecule has 106 valence electrons. The van der Waals surface area contributed by atoms with E-state index in [0.29, 0.717) is 11.8 Å². The third kappa shape index (κ3) is 3.11. The zero-order valence-electron chi connectivity index (χ0n) is 12.1. The molecule has 0 bridgehead atoms. The van der Waals surface area contributed by atoms with Gasteiger partial charge < -0.3 is 10.1 Å². The van der Waals surface area contributed by atoms with Crippen LogP contribution in [0.3, 0.4) is 0 Å². The monoisotopic (exact) mass is 279 g/mol. The summed E-state index contributed by atoms with van der Waals surface area (Å²) in [6, 6.07) is 16.0. The van der Waals surface area contributed by atoms with E-state index in [4.69, 9.17) is 4.74 Å². The van der Waals surface area contributed by atoms with Crippen molar-refractivity contribution in [2.45, 2.75) is 13.8 Å². The van der Waals surface area contributed by atoms with Crippen molar-refractivity contribution in [1.29, 1.82) is 0 Å². The molecule has 0 aliphatic heterocycles. The van der Waals surface area contributed by atoms with Crippen LogP contribution >= 0.6 is 0 Å². The third-order valence-corrected chi connectivity index (χ3v) is 3.11. The molecule has 0 unspecified atom stereocenters. The number of fused-ring (bicyclic) bond motifs is 1. The minimum atomic E-state index is 0.550. The van der Waals surface area contributed by atoms with E-state index in [0.717, 1.165) is 23.4 Å². The molecule has 0 amide bonds. The number of hydrogen-bond acceptors (Lipinski definition) is 4. The molecule has 0 spiro atoms. The minimum absolute atomic E-state index is 0.550. The second kappa shape index (κ2) is 5.79. The largest absolute Gasteiger partial charge is 0.439 e. The first-order valence-electron chi connectivity index (χ1n) is 7.01. The minimum Gasteiger partial charge on any atom is -0.439 e. The van der Waals surface area contributed by atoms with Gasteiger partial charge in [-0.3, -0.25) is 0 Å². The van der Waals surface area contributed by atoms with Crippen LogP contribution in [0.5, 0.6) is 11.6 Å². The number of anilines is 1. The molecule has 2 aromatic carbocycles. The number of rotatable bonds is 4. The highest BCUT2D eigenvalue weighted by Crippen LogP contribution is 2.25. The van der Waals surface area contributed by atoms with Crippen molar-refractivity contribution in [2.75, 3.05) is 11.9 Å². The van der Waals surface area contributed by atoms with Crippen molar-refractivity contribution < 1.29 is 4.74 Å². The molecule has 1 N–H and O–H groups in total. The van der Waals surface area contributed by atoms with Crippen LogP contribution < -0.4 is 10.1 Å². The first-order chi connectivity index (χ1) is 10.2. The van der Waals surface area contributed by atoms with Gasteiger partial charge >= 0.3 is 0 Å². The molecule has 1 aromatic heterocycles. The van der Waals surface area contributed by atoms with Crippen LogP contribution in [-0.4, -0.2) is 16.5 Å². The van der Waals surface area contributed by atoms with Crippen LogP contribution in [0.2, 0.25) is 0 Å². The molecule has 0 radical (unpaired) electrons. The highest BCUT2D eigenvalue weighted by Gasteiger charge is 2.04. The summed E-state index contributed by atoms with van der Waals surface area (Å²) in [6.45, 7) is 4.71. The number of nitrogens with one attached hydrogen (secondary N) is 1. The Hall–Kier alpha value is -2.62. The number of benzene rings is 2. The molecular weight excluding hydrogens is 262 g/mol. The van der Waals surface area contributed by atoms with E-state index < -0.39 is 0 Å². The molecule has 0 saturated carbocycles. The summed E-state index contributed by atoms with van der Waals surface area (Å²) < 4.78 is 5.86. The predicted molar refractivity (Wildman–Crippen MR) is 85.0 cm³/mol. The maximum absolute atomic E-state index is 5.86. The first-order valence-corrected chi connectivity index (χ1v) is 7.01. The second-order valence-corrected chi connectivity index (χ2v) is 4.81. The maximum atomic E-state index is 5.86. The highest BCUT2D eigenvalue weighted by molar-refractivity contribution is 5.83. The van der Waals surface area contributed by atoms with Crippen molar-refractivity contribution in [3.8, 4) is 11.6 Å². The van der Waals surface area contributed by atoms with Gasteiger partial charge in [0.2, 0.25) is 11.8 Å². The molecule has 0 aliphatic rings. The van der Waals surface area contributed by atoms with E-state index in [9.17, 15) is 0 Å². The average Bonchev–Trinajstić information content (AvgIpc) is 2.47.